The molecular formula is C15H24IN3. The van der Waals surface area contributed by atoms with E-state index in [-0.39, 0.29) is 24.0 Å². The molecule has 0 atom stereocenters. The van der Waals surface area contributed by atoms with Crippen molar-refractivity contribution in [3.05, 3.63) is 48.0 Å². The van der Waals surface area contributed by atoms with Gasteiger partial charge in [0.1, 0.15) is 0 Å². The quantitative estimate of drug-likeness (QED) is 0.265. The molecule has 0 bridgehead atoms. The summed E-state index contributed by atoms with van der Waals surface area (Å²) >= 11 is 0. The van der Waals surface area contributed by atoms with Crippen molar-refractivity contribution in [2.75, 3.05) is 20.1 Å². The zero-order valence-corrected chi connectivity index (χ0v) is 14.1. The molecule has 0 aliphatic carbocycles. The van der Waals surface area contributed by atoms with Crippen molar-refractivity contribution in [2.24, 2.45) is 4.99 Å². The van der Waals surface area contributed by atoms with Gasteiger partial charge in [0.15, 0.2) is 5.96 Å². The Labute approximate surface area is 133 Å². The summed E-state index contributed by atoms with van der Waals surface area (Å²) in [6, 6.07) is 10.5. The number of guanidine groups is 1. The van der Waals surface area contributed by atoms with Gasteiger partial charge in [-0.2, -0.15) is 0 Å². The normalized spacial score (nSPS) is 11.2. The number of aliphatic imine (C=N–C) groups is 1. The third kappa shape index (κ3) is 8.64. The molecule has 0 spiro atoms. The number of hydrogen-bond acceptors (Lipinski definition) is 1. The van der Waals surface area contributed by atoms with Gasteiger partial charge >= 0.3 is 0 Å². The fraction of sp³-hybridized carbons (Fsp3) is 0.400. The van der Waals surface area contributed by atoms with Crippen LogP contribution in [0.15, 0.2) is 47.5 Å². The van der Waals surface area contributed by atoms with Crippen molar-refractivity contribution in [3.8, 4) is 0 Å². The average Bonchev–Trinajstić information content (AvgIpc) is 2.42. The molecule has 0 radical (unpaired) electrons. The van der Waals surface area contributed by atoms with E-state index in [0.29, 0.717) is 0 Å². The van der Waals surface area contributed by atoms with Crippen LogP contribution in [0.25, 0.3) is 0 Å². The molecule has 0 aromatic heterocycles. The Kier molecular flexibility index (Phi) is 11.4. The molecule has 0 fully saturated rings. The highest BCUT2D eigenvalue weighted by atomic mass is 127. The van der Waals surface area contributed by atoms with Gasteiger partial charge in [-0.3, -0.25) is 4.99 Å². The van der Waals surface area contributed by atoms with E-state index in [2.05, 4.69) is 52.0 Å². The number of nitrogens with zero attached hydrogens (tertiary/aromatic N) is 1. The van der Waals surface area contributed by atoms with Crippen LogP contribution < -0.4 is 10.6 Å². The van der Waals surface area contributed by atoms with Crippen LogP contribution in [0.2, 0.25) is 0 Å². The maximum atomic E-state index is 4.19. The van der Waals surface area contributed by atoms with E-state index in [1.165, 1.54) is 5.56 Å². The molecule has 0 saturated heterocycles. The Morgan fingerprint density at radius 3 is 2.47 bits per heavy atom. The van der Waals surface area contributed by atoms with E-state index in [4.69, 9.17) is 0 Å². The highest BCUT2D eigenvalue weighted by Gasteiger charge is 1.96. The molecule has 4 heteroatoms. The lowest BCUT2D eigenvalue weighted by Gasteiger charge is -2.11. The zero-order chi connectivity index (χ0) is 13.1. The second-order valence-corrected chi connectivity index (χ2v) is 4.02. The largest absolute Gasteiger partial charge is 0.356 e. The van der Waals surface area contributed by atoms with E-state index in [0.717, 1.165) is 31.9 Å². The monoisotopic (exact) mass is 373 g/mol. The van der Waals surface area contributed by atoms with Crippen molar-refractivity contribution in [1.82, 2.24) is 10.6 Å². The molecular weight excluding hydrogens is 349 g/mol. The lowest BCUT2D eigenvalue weighted by Crippen LogP contribution is -2.38. The lowest BCUT2D eigenvalue weighted by atomic mass is 10.1. The van der Waals surface area contributed by atoms with Gasteiger partial charge in [0.25, 0.3) is 0 Å². The molecule has 1 aromatic rings. The maximum Gasteiger partial charge on any atom is 0.190 e. The minimum absolute atomic E-state index is 0. The number of halogens is 1. The summed E-state index contributed by atoms with van der Waals surface area (Å²) in [5.74, 6) is 0.871. The Morgan fingerprint density at radius 1 is 1.16 bits per heavy atom. The van der Waals surface area contributed by atoms with Crippen LogP contribution in [0, 0.1) is 0 Å². The first-order chi connectivity index (χ1) is 8.86. The van der Waals surface area contributed by atoms with Gasteiger partial charge in [0.05, 0.1) is 0 Å². The summed E-state index contributed by atoms with van der Waals surface area (Å²) in [4.78, 5) is 4.19. The Balaban J connectivity index is 0.00000324. The van der Waals surface area contributed by atoms with Crippen molar-refractivity contribution in [3.63, 3.8) is 0 Å². The van der Waals surface area contributed by atoms with Crippen LogP contribution in [0.4, 0.5) is 0 Å². The number of benzene rings is 1. The standard InChI is InChI=1S/C15H23N3.HI/c1-3-4-8-12-17-15(16-2)18-13-11-14-9-6-5-7-10-14;/h3-7,9-10H,8,11-13H2,1-2H3,(H2,16,17,18);1H. The van der Waals surface area contributed by atoms with Crippen molar-refractivity contribution < 1.29 is 0 Å². The summed E-state index contributed by atoms with van der Waals surface area (Å²) in [7, 11) is 1.80. The van der Waals surface area contributed by atoms with Gasteiger partial charge < -0.3 is 10.6 Å². The molecule has 0 heterocycles. The molecule has 2 N–H and O–H groups in total. The average molecular weight is 373 g/mol. The third-order valence-corrected chi connectivity index (χ3v) is 2.61. The van der Waals surface area contributed by atoms with Crippen LogP contribution >= 0.6 is 24.0 Å². The number of rotatable bonds is 6. The first kappa shape index (κ1) is 18.0. The lowest BCUT2D eigenvalue weighted by molar-refractivity contribution is 0.791. The predicted octanol–water partition coefficient (Wildman–Crippen LogP) is 2.98. The van der Waals surface area contributed by atoms with Gasteiger partial charge in [-0.1, -0.05) is 42.5 Å². The summed E-state index contributed by atoms with van der Waals surface area (Å²) < 4.78 is 0. The summed E-state index contributed by atoms with van der Waals surface area (Å²) in [5, 5.41) is 6.59. The number of allylic oxidation sites excluding steroid dienone is 1. The molecule has 0 aliphatic heterocycles. The molecule has 19 heavy (non-hydrogen) atoms. The minimum atomic E-state index is 0. The van der Waals surface area contributed by atoms with Crippen molar-refractivity contribution in [2.45, 2.75) is 19.8 Å². The summed E-state index contributed by atoms with van der Waals surface area (Å²) in [6.07, 6.45) is 6.24. The van der Waals surface area contributed by atoms with Crippen LogP contribution in [-0.2, 0) is 6.42 Å². The highest BCUT2D eigenvalue weighted by molar-refractivity contribution is 14.0. The highest BCUT2D eigenvalue weighted by Crippen LogP contribution is 1.97. The first-order valence-corrected chi connectivity index (χ1v) is 6.46. The minimum Gasteiger partial charge on any atom is -0.356 e. The number of nitrogens with one attached hydrogen (secondary N) is 2. The Bertz CT molecular complexity index is 374. The molecule has 0 unspecified atom stereocenters. The topological polar surface area (TPSA) is 36.4 Å². The smallest absolute Gasteiger partial charge is 0.190 e. The Hall–Kier alpha value is -1.04. The van der Waals surface area contributed by atoms with E-state index in [9.17, 15) is 0 Å². The van der Waals surface area contributed by atoms with Crippen LogP contribution in [-0.4, -0.2) is 26.1 Å². The Morgan fingerprint density at radius 2 is 1.84 bits per heavy atom. The second-order valence-electron chi connectivity index (χ2n) is 4.02. The zero-order valence-electron chi connectivity index (χ0n) is 11.7. The molecule has 0 saturated carbocycles. The molecule has 106 valence electrons. The van der Waals surface area contributed by atoms with E-state index in [1.807, 2.05) is 13.0 Å². The van der Waals surface area contributed by atoms with E-state index in [1.54, 1.807) is 7.05 Å². The predicted molar refractivity (Wildman–Crippen MR) is 94.4 cm³/mol. The van der Waals surface area contributed by atoms with Crippen molar-refractivity contribution >= 4 is 29.9 Å². The first-order valence-electron chi connectivity index (χ1n) is 6.46. The van der Waals surface area contributed by atoms with Gasteiger partial charge in [-0.05, 0) is 25.3 Å². The van der Waals surface area contributed by atoms with E-state index >= 15 is 0 Å². The van der Waals surface area contributed by atoms with Gasteiger partial charge in [-0.15, -0.1) is 24.0 Å². The van der Waals surface area contributed by atoms with Crippen LogP contribution in [0.1, 0.15) is 18.9 Å². The molecule has 1 aromatic carbocycles. The van der Waals surface area contributed by atoms with Crippen molar-refractivity contribution in [1.29, 1.82) is 0 Å². The SMILES string of the molecule is CC=CCCNC(=NC)NCCc1ccccc1.I. The van der Waals surface area contributed by atoms with E-state index < -0.39 is 0 Å². The van der Waals surface area contributed by atoms with Gasteiger partial charge in [0, 0.05) is 20.1 Å². The molecule has 0 amide bonds. The fourth-order valence-corrected chi connectivity index (χ4v) is 1.63. The molecule has 0 aliphatic rings. The summed E-state index contributed by atoms with van der Waals surface area (Å²) in [6.45, 7) is 3.84. The number of hydrogen-bond donors (Lipinski definition) is 2. The van der Waals surface area contributed by atoms with Crippen LogP contribution in [0.5, 0.6) is 0 Å². The molecule has 1 rings (SSSR count). The fourth-order valence-electron chi connectivity index (χ4n) is 1.63. The summed E-state index contributed by atoms with van der Waals surface area (Å²) in [5.41, 5.74) is 1.34. The van der Waals surface area contributed by atoms with Gasteiger partial charge in [-0.25, -0.2) is 0 Å². The maximum absolute atomic E-state index is 4.19. The van der Waals surface area contributed by atoms with Gasteiger partial charge in [0.2, 0.25) is 0 Å². The molecule has 3 nitrogen and oxygen atoms in total. The van der Waals surface area contributed by atoms with Crippen LogP contribution in [0.3, 0.4) is 0 Å². The second kappa shape index (κ2) is 12.0. The third-order valence-electron chi connectivity index (χ3n) is 2.61.